The number of carbonyl (C=O) groups excluding carboxylic acids is 1. The molecular formula is C18H15ClN2O2. The SMILES string of the molecule is O=C(Nc1ccccc1)O/N=C\C1=C(Cl)c2ccccc2CC1. The lowest BCUT2D eigenvalue weighted by Gasteiger charge is -2.16. The third-order valence-electron chi connectivity index (χ3n) is 3.56. The van der Waals surface area contributed by atoms with E-state index in [0.717, 1.165) is 24.0 Å². The highest BCUT2D eigenvalue weighted by atomic mass is 35.5. The first-order valence-electron chi connectivity index (χ1n) is 7.27. The Labute approximate surface area is 139 Å². The van der Waals surface area contributed by atoms with Crippen LogP contribution in [0.5, 0.6) is 0 Å². The number of para-hydroxylation sites is 1. The molecule has 4 nitrogen and oxygen atoms in total. The lowest BCUT2D eigenvalue weighted by molar-refractivity contribution is 0.167. The number of carbonyl (C=O) groups is 1. The van der Waals surface area contributed by atoms with Crippen molar-refractivity contribution in [2.75, 3.05) is 5.32 Å². The molecule has 0 bridgehead atoms. The summed E-state index contributed by atoms with van der Waals surface area (Å²) in [4.78, 5) is 16.4. The number of anilines is 1. The summed E-state index contributed by atoms with van der Waals surface area (Å²) in [5.74, 6) is 0. The molecule has 2 aromatic carbocycles. The van der Waals surface area contributed by atoms with Crippen LogP contribution in [0.1, 0.15) is 17.5 Å². The molecule has 2 aromatic rings. The van der Waals surface area contributed by atoms with E-state index < -0.39 is 6.09 Å². The highest BCUT2D eigenvalue weighted by Gasteiger charge is 2.16. The third kappa shape index (κ3) is 3.79. The van der Waals surface area contributed by atoms with Crippen molar-refractivity contribution < 1.29 is 9.63 Å². The molecule has 0 unspecified atom stereocenters. The molecule has 1 aliphatic rings. The van der Waals surface area contributed by atoms with Crippen LogP contribution in [0.25, 0.3) is 5.03 Å². The van der Waals surface area contributed by atoms with Gasteiger partial charge < -0.3 is 0 Å². The molecule has 0 radical (unpaired) electrons. The van der Waals surface area contributed by atoms with E-state index in [1.807, 2.05) is 36.4 Å². The maximum absolute atomic E-state index is 11.6. The summed E-state index contributed by atoms with van der Waals surface area (Å²) < 4.78 is 0. The van der Waals surface area contributed by atoms with E-state index in [-0.39, 0.29) is 0 Å². The van der Waals surface area contributed by atoms with Crippen molar-refractivity contribution in [3.05, 3.63) is 71.3 Å². The van der Waals surface area contributed by atoms with Crippen molar-refractivity contribution in [1.82, 2.24) is 0 Å². The monoisotopic (exact) mass is 326 g/mol. The van der Waals surface area contributed by atoms with Crippen LogP contribution in [-0.2, 0) is 11.3 Å². The molecule has 0 heterocycles. The van der Waals surface area contributed by atoms with Gasteiger partial charge in [0.05, 0.1) is 11.2 Å². The number of rotatable bonds is 3. The maximum Gasteiger partial charge on any atom is 0.437 e. The van der Waals surface area contributed by atoms with Gasteiger partial charge in [0.1, 0.15) is 0 Å². The lowest BCUT2D eigenvalue weighted by Crippen LogP contribution is -2.11. The van der Waals surface area contributed by atoms with E-state index in [4.69, 9.17) is 16.4 Å². The van der Waals surface area contributed by atoms with Gasteiger partial charge in [0.2, 0.25) is 0 Å². The molecule has 0 aliphatic heterocycles. The molecule has 3 rings (SSSR count). The number of nitrogens with one attached hydrogen (secondary N) is 1. The van der Waals surface area contributed by atoms with Gasteiger partial charge in [-0.05, 0) is 41.7 Å². The van der Waals surface area contributed by atoms with Gasteiger partial charge in [0.15, 0.2) is 0 Å². The Hall–Kier alpha value is -2.59. The third-order valence-corrected chi connectivity index (χ3v) is 4.01. The average molecular weight is 327 g/mol. The smallest absolute Gasteiger partial charge is 0.298 e. The number of hydrogen-bond acceptors (Lipinski definition) is 3. The standard InChI is InChI=1S/C18H15ClN2O2/c19-17-14(11-10-13-6-4-5-9-16(13)17)12-20-23-18(22)21-15-7-2-1-3-8-15/h1-9,12H,10-11H2,(H,21,22)/b20-12-. The Balaban J connectivity index is 1.63. The van der Waals surface area contributed by atoms with Crippen LogP contribution in [-0.4, -0.2) is 12.3 Å². The highest BCUT2D eigenvalue weighted by Crippen LogP contribution is 2.33. The van der Waals surface area contributed by atoms with E-state index in [0.29, 0.717) is 10.7 Å². The van der Waals surface area contributed by atoms with Crippen molar-refractivity contribution in [3.63, 3.8) is 0 Å². The van der Waals surface area contributed by atoms with Gasteiger partial charge in [-0.15, -0.1) is 0 Å². The van der Waals surface area contributed by atoms with Gasteiger partial charge in [0, 0.05) is 5.69 Å². The minimum Gasteiger partial charge on any atom is -0.298 e. The molecule has 23 heavy (non-hydrogen) atoms. The molecule has 1 aliphatic carbocycles. The molecule has 0 spiro atoms. The highest BCUT2D eigenvalue weighted by molar-refractivity contribution is 6.50. The Morgan fingerprint density at radius 2 is 1.83 bits per heavy atom. The van der Waals surface area contributed by atoms with Crippen LogP contribution in [0.15, 0.2) is 65.3 Å². The van der Waals surface area contributed by atoms with Crippen molar-refractivity contribution in [2.24, 2.45) is 5.16 Å². The Bertz CT molecular complexity index is 770. The summed E-state index contributed by atoms with van der Waals surface area (Å²) in [5.41, 5.74) is 3.74. The van der Waals surface area contributed by atoms with E-state index in [1.165, 1.54) is 11.8 Å². The minimum absolute atomic E-state index is 0.639. The Kier molecular flexibility index (Phi) is 4.74. The zero-order valence-electron chi connectivity index (χ0n) is 12.3. The second-order valence-electron chi connectivity index (χ2n) is 5.10. The summed E-state index contributed by atoms with van der Waals surface area (Å²) >= 11 is 6.39. The first-order chi connectivity index (χ1) is 11.2. The van der Waals surface area contributed by atoms with Crippen LogP contribution in [0.2, 0.25) is 0 Å². The number of allylic oxidation sites excluding steroid dienone is 1. The number of aryl methyl sites for hydroxylation is 1. The fourth-order valence-electron chi connectivity index (χ4n) is 2.43. The van der Waals surface area contributed by atoms with Crippen LogP contribution in [0.4, 0.5) is 10.5 Å². The number of oxime groups is 1. The van der Waals surface area contributed by atoms with Crippen molar-refractivity contribution in [1.29, 1.82) is 0 Å². The molecule has 0 saturated carbocycles. The molecule has 5 heteroatoms. The summed E-state index contributed by atoms with van der Waals surface area (Å²) in [6.45, 7) is 0. The first kappa shape index (κ1) is 15.3. The van der Waals surface area contributed by atoms with E-state index in [2.05, 4.69) is 16.5 Å². The summed E-state index contributed by atoms with van der Waals surface area (Å²) in [6.07, 6.45) is 2.52. The number of amides is 1. The van der Waals surface area contributed by atoms with Crippen LogP contribution in [0, 0.1) is 0 Å². The average Bonchev–Trinajstić information content (AvgIpc) is 2.58. The normalized spacial score (nSPS) is 13.8. The van der Waals surface area contributed by atoms with Gasteiger partial charge in [-0.2, -0.15) is 0 Å². The number of hydrogen-bond donors (Lipinski definition) is 1. The molecule has 116 valence electrons. The van der Waals surface area contributed by atoms with E-state index in [1.54, 1.807) is 12.1 Å². The largest absolute Gasteiger partial charge is 0.437 e. The zero-order chi connectivity index (χ0) is 16.1. The van der Waals surface area contributed by atoms with Crippen molar-refractivity contribution >= 4 is 34.6 Å². The number of halogens is 1. The lowest BCUT2D eigenvalue weighted by atomic mass is 9.92. The predicted octanol–water partition coefficient (Wildman–Crippen LogP) is 4.82. The summed E-state index contributed by atoms with van der Waals surface area (Å²) in [7, 11) is 0. The van der Waals surface area contributed by atoms with E-state index in [9.17, 15) is 4.79 Å². The number of fused-ring (bicyclic) bond motifs is 1. The molecule has 0 saturated heterocycles. The van der Waals surface area contributed by atoms with Gasteiger partial charge in [-0.25, -0.2) is 4.79 Å². The van der Waals surface area contributed by atoms with E-state index >= 15 is 0 Å². The van der Waals surface area contributed by atoms with Crippen LogP contribution in [0.3, 0.4) is 0 Å². The molecule has 0 fully saturated rings. The van der Waals surface area contributed by atoms with Crippen molar-refractivity contribution in [3.8, 4) is 0 Å². The fourth-order valence-corrected chi connectivity index (χ4v) is 2.75. The molecule has 1 amide bonds. The number of nitrogens with zero attached hydrogens (tertiary/aromatic N) is 1. The molecule has 0 atom stereocenters. The predicted molar refractivity (Wildman–Crippen MR) is 92.6 cm³/mol. The van der Waals surface area contributed by atoms with Gasteiger partial charge in [-0.3, -0.25) is 10.2 Å². The molecule has 0 aromatic heterocycles. The second-order valence-corrected chi connectivity index (χ2v) is 5.48. The van der Waals surface area contributed by atoms with Gasteiger partial charge >= 0.3 is 6.09 Å². The Morgan fingerprint density at radius 1 is 1.09 bits per heavy atom. The molecular weight excluding hydrogens is 312 g/mol. The minimum atomic E-state index is -0.639. The van der Waals surface area contributed by atoms with Crippen molar-refractivity contribution in [2.45, 2.75) is 12.8 Å². The number of benzene rings is 2. The van der Waals surface area contributed by atoms with Gasteiger partial charge in [0.25, 0.3) is 0 Å². The topological polar surface area (TPSA) is 50.7 Å². The zero-order valence-corrected chi connectivity index (χ0v) is 13.1. The summed E-state index contributed by atoms with van der Waals surface area (Å²) in [5, 5.41) is 6.97. The molecule has 1 N–H and O–H groups in total. The van der Waals surface area contributed by atoms with Gasteiger partial charge in [-0.1, -0.05) is 59.2 Å². The summed E-state index contributed by atoms with van der Waals surface area (Å²) in [6, 6.07) is 17.0. The van der Waals surface area contributed by atoms with Crippen LogP contribution < -0.4 is 5.32 Å². The van der Waals surface area contributed by atoms with Crippen LogP contribution >= 0.6 is 11.6 Å². The second kappa shape index (κ2) is 7.11. The maximum atomic E-state index is 11.6. The first-order valence-corrected chi connectivity index (χ1v) is 7.65. The fraction of sp³-hybridized carbons (Fsp3) is 0.111. The quantitative estimate of drug-likeness (QED) is 0.499. The Morgan fingerprint density at radius 3 is 2.65 bits per heavy atom.